The lowest BCUT2D eigenvalue weighted by Gasteiger charge is -2.34. The summed E-state index contributed by atoms with van der Waals surface area (Å²) in [6.45, 7) is 6.77. The quantitative estimate of drug-likeness (QED) is 0.632. The summed E-state index contributed by atoms with van der Waals surface area (Å²) in [5.74, 6) is 0.120. The second-order valence-corrected chi connectivity index (χ2v) is 9.42. The maximum absolute atomic E-state index is 12.6. The van der Waals surface area contributed by atoms with Gasteiger partial charge >= 0.3 is 0 Å². The van der Waals surface area contributed by atoms with Crippen LogP contribution >= 0.6 is 0 Å². The molecule has 2 aromatic rings. The highest BCUT2D eigenvalue weighted by Gasteiger charge is 2.27. The number of aryl methyl sites for hydroxylation is 1. The lowest BCUT2D eigenvalue weighted by atomic mass is 10.1. The zero-order valence-electron chi connectivity index (χ0n) is 17.4. The fourth-order valence-corrected chi connectivity index (χ4v) is 5.09. The number of nitrogens with zero attached hydrogens (tertiary/aromatic N) is 3. The number of aromatic amines is 1. The van der Waals surface area contributed by atoms with Crippen LogP contribution in [0.1, 0.15) is 39.0 Å². The summed E-state index contributed by atoms with van der Waals surface area (Å²) in [5, 5.41) is 2.64. The lowest BCUT2D eigenvalue weighted by Crippen LogP contribution is -2.50. The van der Waals surface area contributed by atoms with E-state index >= 15 is 0 Å². The highest BCUT2D eigenvalue weighted by molar-refractivity contribution is 7.89. The number of Topliss-reactive ketones (excluding diaryl/α,β-unsaturated/α-hetero) is 1. The number of H-pyrrole nitrogens is 1. The zero-order valence-corrected chi connectivity index (χ0v) is 18.3. The molecule has 10 heteroatoms. The van der Waals surface area contributed by atoms with E-state index in [2.05, 4.69) is 20.2 Å². The van der Waals surface area contributed by atoms with Crippen LogP contribution in [0.25, 0.3) is 0 Å². The molecule has 0 radical (unpaired) electrons. The van der Waals surface area contributed by atoms with Crippen LogP contribution < -0.4 is 10.2 Å². The lowest BCUT2D eigenvalue weighted by molar-refractivity contribution is 0.0950. The van der Waals surface area contributed by atoms with E-state index in [9.17, 15) is 18.0 Å². The summed E-state index contributed by atoms with van der Waals surface area (Å²) in [7, 11) is -3.49. The Hall–Kier alpha value is -2.72. The van der Waals surface area contributed by atoms with Crippen LogP contribution in [-0.4, -0.2) is 72.9 Å². The van der Waals surface area contributed by atoms with E-state index in [1.165, 1.54) is 11.2 Å². The highest BCUT2D eigenvalue weighted by Crippen LogP contribution is 2.18. The molecule has 3 rings (SSSR count). The van der Waals surface area contributed by atoms with Crippen LogP contribution in [0.15, 0.2) is 24.4 Å². The zero-order chi connectivity index (χ0) is 21.9. The van der Waals surface area contributed by atoms with Gasteiger partial charge < -0.3 is 15.2 Å². The number of aromatic nitrogens is 2. The van der Waals surface area contributed by atoms with Crippen molar-refractivity contribution in [3.63, 3.8) is 0 Å². The summed E-state index contributed by atoms with van der Waals surface area (Å²) in [6.07, 6.45) is 1.72. The molecule has 3 heterocycles. The van der Waals surface area contributed by atoms with E-state index in [1.807, 2.05) is 18.2 Å². The Morgan fingerprint density at radius 3 is 2.43 bits per heavy atom. The van der Waals surface area contributed by atoms with Gasteiger partial charge in [-0.3, -0.25) is 9.59 Å². The molecule has 0 aromatic carbocycles. The molecule has 1 amide bonds. The van der Waals surface area contributed by atoms with Gasteiger partial charge in [-0.2, -0.15) is 4.31 Å². The number of hydrogen-bond donors (Lipinski definition) is 2. The third kappa shape index (κ3) is 4.71. The molecule has 162 valence electrons. The molecule has 1 fully saturated rings. The minimum absolute atomic E-state index is 0.00542. The number of pyridine rings is 1. The minimum atomic E-state index is -3.49. The maximum atomic E-state index is 12.6. The van der Waals surface area contributed by atoms with Gasteiger partial charge in [-0.25, -0.2) is 13.4 Å². The Morgan fingerprint density at radius 1 is 1.17 bits per heavy atom. The number of carbonyl (C=O) groups excluding carboxylic acids is 2. The van der Waals surface area contributed by atoms with Gasteiger partial charge in [0.1, 0.15) is 11.5 Å². The number of anilines is 1. The molecule has 0 atom stereocenters. The van der Waals surface area contributed by atoms with Crippen molar-refractivity contribution in [3.05, 3.63) is 46.9 Å². The first-order valence-electron chi connectivity index (χ1n) is 9.83. The molecule has 2 aromatic heterocycles. The van der Waals surface area contributed by atoms with Gasteiger partial charge in [0.25, 0.3) is 5.91 Å². The van der Waals surface area contributed by atoms with E-state index < -0.39 is 15.9 Å². The van der Waals surface area contributed by atoms with Gasteiger partial charge in [-0.15, -0.1) is 0 Å². The fraction of sp³-hybridized carbons (Fsp3) is 0.450. The normalized spacial score (nSPS) is 15.2. The van der Waals surface area contributed by atoms with Crippen LogP contribution in [0.2, 0.25) is 0 Å². The monoisotopic (exact) mass is 433 g/mol. The molecule has 0 unspecified atom stereocenters. The predicted octanol–water partition coefficient (Wildman–Crippen LogP) is 1.11. The number of amides is 1. The number of piperazine rings is 1. The Morgan fingerprint density at radius 2 is 1.87 bits per heavy atom. The summed E-state index contributed by atoms with van der Waals surface area (Å²) < 4.78 is 26.8. The molecule has 0 aliphatic carbocycles. The van der Waals surface area contributed by atoms with Crippen molar-refractivity contribution in [2.24, 2.45) is 0 Å². The molecular weight excluding hydrogens is 406 g/mol. The molecular formula is C20H27N5O4S. The number of sulfonamides is 1. The Labute approximate surface area is 176 Å². The molecule has 0 bridgehead atoms. The SMILES string of the molecule is CC(=O)c1c(C)[nH]c(C(=O)NCCS(=O)(=O)N2CCN(c3ccccn3)CC2)c1C. The fourth-order valence-electron chi connectivity index (χ4n) is 3.75. The van der Waals surface area contributed by atoms with Crippen LogP contribution in [-0.2, 0) is 10.0 Å². The molecule has 1 saturated heterocycles. The number of nitrogens with one attached hydrogen (secondary N) is 2. The van der Waals surface area contributed by atoms with Gasteiger partial charge in [0, 0.05) is 50.2 Å². The first-order valence-corrected chi connectivity index (χ1v) is 11.4. The number of rotatable bonds is 7. The standard InChI is InChI=1S/C20H27N5O4S/c1-14-18(16(3)26)15(2)23-19(14)20(27)22-8-13-30(28,29)25-11-9-24(10-12-25)17-6-4-5-7-21-17/h4-7,23H,8-13H2,1-3H3,(H,22,27). The van der Waals surface area contributed by atoms with Crippen LogP contribution in [0.3, 0.4) is 0 Å². The van der Waals surface area contributed by atoms with Gasteiger partial charge in [0.15, 0.2) is 5.78 Å². The summed E-state index contributed by atoms with van der Waals surface area (Å²) in [4.78, 5) is 33.4. The second kappa shape index (κ2) is 8.97. The van der Waals surface area contributed by atoms with Crippen molar-refractivity contribution in [1.29, 1.82) is 0 Å². The van der Waals surface area contributed by atoms with Crippen molar-refractivity contribution >= 4 is 27.5 Å². The Balaban J connectivity index is 1.53. The maximum Gasteiger partial charge on any atom is 0.268 e. The number of carbonyl (C=O) groups is 2. The molecule has 1 aliphatic heterocycles. The third-order valence-corrected chi connectivity index (χ3v) is 7.14. The number of ketones is 1. The second-order valence-electron chi connectivity index (χ2n) is 7.33. The van der Waals surface area contributed by atoms with Gasteiger partial charge in [-0.1, -0.05) is 6.07 Å². The van der Waals surface area contributed by atoms with Gasteiger partial charge in [0.2, 0.25) is 10.0 Å². The van der Waals surface area contributed by atoms with Gasteiger partial charge in [0.05, 0.1) is 5.75 Å². The molecule has 9 nitrogen and oxygen atoms in total. The summed E-state index contributed by atoms with van der Waals surface area (Å²) in [5.41, 5.74) is 1.99. The smallest absolute Gasteiger partial charge is 0.268 e. The molecule has 0 spiro atoms. The van der Waals surface area contributed by atoms with Crippen molar-refractivity contribution in [3.8, 4) is 0 Å². The topological polar surface area (TPSA) is 115 Å². The van der Waals surface area contributed by atoms with Crippen LogP contribution in [0.4, 0.5) is 5.82 Å². The van der Waals surface area contributed by atoms with E-state index in [4.69, 9.17) is 0 Å². The van der Waals surface area contributed by atoms with Crippen LogP contribution in [0.5, 0.6) is 0 Å². The van der Waals surface area contributed by atoms with E-state index in [0.717, 1.165) is 5.82 Å². The number of hydrogen-bond acceptors (Lipinski definition) is 6. The Kier molecular flexibility index (Phi) is 6.57. The van der Waals surface area contributed by atoms with E-state index in [0.29, 0.717) is 48.7 Å². The van der Waals surface area contributed by atoms with Crippen molar-refractivity contribution in [2.45, 2.75) is 20.8 Å². The Bertz CT molecular complexity index is 1020. The van der Waals surface area contributed by atoms with Gasteiger partial charge in [-0.05, 0) is 38.5 Å². The molecule has 1 aliphatic rings. The van der Waals surface area contributed by atoms with E-state index in [-0.39, 0.29) is 18.1 Å². The third-order valence-electron chi connectivity index (χ3n) is 5.27. The van der Waals surface area contributed by atoms with E-state index in [1.54, 1.807) is 20.0 Å². The first kappa shape index (κ1) is 22.0. The molecule has 2 N–H and O–H groups in total. The predicted molar refractivity (Wildman–Crippen MR) is 114 cm³/mol. The average molecular weight is 434 g/mol. The van der Waals surface area contributed by atoms with Crippen molar-refractivity contribution < 1.29 is 18.0 Å². The first-order chi connectivity index (χ1) is 14.2. The van der Waals surface area contributed by atoms with Crippen LogP contribution in [0, 0.1) is 13.8 Å². The summed E-state index contributed by atoms with van der Waals surface area (Å²) >= 11 is 0. The molecule has 30 heavy (non-hydrogen) atoms. The van der Waals surface area contributed by atoms with Crippen molar-refractivity contribution in [2.75, 3.05) is 43.4 Å². The largest absolute Gasteiger partial charge is 0.354 e. The average Bonchev–Trinajstić information content (AvgIpc) is 3.03. The van der Waals surface area contributed by atoms with Crippen molar-refractivity contribution in [1.82, 2.24) is 19.6 Å². The summed E-state index contributed by atoms with van der Waals surface area (Å²) in [6, 6.07) is 5.65. The minimum Gasteiger partial charge on any atom is -0.354 e. The molecule has 0 saturated carbocycles. The highest BCUT2D eigenvalue weighted by atomic mass is 32.2.